The molecular weight excluding hydrogens is 390 g/mol. The fourth-order valence-corrected chi connectivity index (χ4v) is 3.85. The quantitative estimate of drug-likeness (QED) is 0.522. The van der Waals surface area contributed by atoms with E-state index in [1.54, 1.807) is 19.1 Å². The molecule has 0 aliphatic heterocycles. The van der Waals surface area contributed by atoms with Gasteiger partial charge in [-0.3, -0.25) is 5.32 Å². The second-order valence-electron chi connectivity index (χ2n) is 5.79. The monoisotopic (exact) mass is 411 g/mol. The van der Waals surface area contributed by atoms with Crippen molar-refractivity contribution in [3.8, 4) is 5.75 Å². The van der Waals surface area contributed by atoms with Gasteiger partial charge in [-0.05, 0) is 39.8 Å². The first-order chi connectivity index (χ1) is 13.1. The van der Waals surface area contributed by atoms with Crippen molar-refractivity contribution in [3.05, 3.63) is 35.7 Å². The van der Waals surface area contributed by atoms with Gasteiger partial charge in [-0.25, -0.2) is 18.0 Å². The average Bonchev–Trinajstić information content (AvgIpc) is 2.94. The largest absolute Gasteiger partial charge is 0.450 e. The molecule has 10 nitrogen and oxygen atoms in total. The van der Waals surface area contributed by atoms with Gasteiger partial charge in [-0.15, -0.1) is 0 Å². The Morgan fingerprint density at radius 2 is 2.00 bits per heavy atom. The van der Waals surface area contributed by atoms with Crippen LogP contribution < -0.4 is 14.8 Å². The van der Waals surface area contributed by atoms with Crippen LogP contribution in [0.25, 0.3) is 0 Å². The molecule has 0 spiro atoms. The van der Waals surface area contributed by atoms with E-state index >= 15 is 0 Å². The maximum absolute atomic E-state index is 12.5. The molecule has 1 atom stereocenters. The number of ether oxygens (including phenoxy) is 2. The minimum absolute atomic E-state index is 0.114. The Kier molecular flexibility index (Phi) is 6.75. The first-order valence-electron chi connectivity index (χ1n) is 8.34. The smallest absolute Gasteiger partial charge is 0.411 e. The summed E-state index contributed by atoms with van der Waals surface area (Å²) in [5.74, 6) is -0.588. The Labute approximate surface area is 162 Å². The number of aryl methyl sites for hydroxylation is 2. The third kappa shape index (κ3) is 5.30. The first-order valence-corrected chi connectivity index (χ1v) is 9.83. The highest BCUT2D eigenvalue weighted by Crippen LogP contribution is 2.20. The number of carbonyl (C=O) groups excluding carboxylic acids is 2. The molecular formula is C17H21N3O7S. The summed E-state index contributed by atoms with van der Waals surface area (Å²) in [5.41, 5.74) is 0.538. The summed E-state index contributed by atoms with van der Waals surface area (Å²) in [6, 6.07) is 4.86. The molecule has 0 saturated carbocycles. The molecule has 0 saturated heterocycles. The van der Waals surface area contributed by atoms with Crippen molar-refractivity contribution in [3.63, 3.8) is 0 Å². The number of hydrogen-bond donors (Lipinski definition) is 2. The lowest BCUT2D eigenvalue weighted by Gasteiger charge is -2.14. The normalized spacial score (nSPS) is 12.3. The lowest BCUT2D eigenvalue weighted by Crippen LogP contribution is -2.41. The van der Waals surface area contributed by atoms with Gasteiger partial charge >= 0.3 is 12.1 Å². The van der Waals surface area contributed by atoms with Crippen molar-refractivity contribution < 1.29 is 32.0 Å². The van der Waals surface area contributed by atoms with Gasteiger partial charge in [0.05, 0.1) is 6.61 Å². The second-order valence-corrected chi connectivity index (χ2v) is 7.44. The third-order valence-electron chi connectivity index (χ3n) is 3.50. The molecule has 0 aliphatic rings. The highest BCUT2D eigenvalue weighted by molar-refractivity contribution is 7.89. The topological polar surface area (TPSA) is 137 Å². The molecule has 1 aromatic heterocycles. The Morgan fingerprint density at radius 3 is 2.61 bits per heavy atom. The predicted octanol–water partition coefficient (Wildman–Crippen LogP) is 2.13. The van der Waals surface area contributed by atoms with E-state index < -0.39 is 28.1 Å². The average molecular weight is 411 g/mol. The molecule has 0 fully saturated rings. The van der Waals surface area contributed by atoms with Crippen molar-refractivity contribution in [1.29, 1.82) is 0 Å². The summed E-state index contributed by atoms with van der Waals surface area (Å²) < 4.78 is 42.0. The molecule has 1 heterocycles. The minimum Gasteiger partial charge on any atom is -0.450 e. The summed E-state index contributed by atoms with van der Waals surface area (Å²) in [6.07, 6.45) is -0.647. The van der Waals surface area contributed by atoms with Crippen LogP contribution in [0.4, 0.5) is 10.5 Å². The number of carbonyl (C=O) groups is 2. The van der Waals surface area contributed by atoms with Crippen molar-refractivity contribution in [1.82, 2.24) is 9.88 Å². The number of hydrogen-bond acceptors (Lipinski definition) is 8. The van der Waals surface area contributed by atoms with Crippen LogP contribution in [0.1, 0.15) is 25.3 Å². The van der Waals surface area contributed by atoms with Crippen LogP contribution in [0.3, 0.4) is 0 Å². The zero-order valence-electron chi connectivity index (χ0n) is 15.8. The number of rotatable bonds is 7. The SMILES string of the molecule is CCOC(=O)Nc1cccc(OC(=O)[C@H](C)NS(=O)(=O)c2c(C)noc2C)c1. The number of sulfonamides is 1. The zero-order valence-corrected chi connectivity index (χ0v) is 16.6. The van der Waals surface area contributed by atoms with Crippen LogP contribution in [-0.2, 0) is 19.6 Å². The number of nitrogens with zero attached hydrogens (tertiary/aromatic N) is 1. The Morgan fingerprint density at radius 1 is 1.29 bits per heavy atom. The maximum atomic E-state index is 12.5. The Bertz CT molecular complexity index is 949. The molecule has 0 radical (unpaired) electrons. The zero-order chi connectivity index (χ0) is 20.9. The number of amides is 1. The van der Waals surface area contributed by atoms with Crippen molar-refractivity contribution in [2.45, 2.75) is 38.6 Å². The first kappa shape index (κ1) is 21.4. The van der Waals surface area contributed by atoms with Crippen LogP contribution in [0.5, 0.6) is 5.75 Å². The van der Waals surface area contributed by atoms with Gasteiger partial charge in [0.15, 0.2) is 5.76 Å². The van der Waals surface area contributed by atoms with Crippen LogP contribution in [0, 0.1) is 13.8 Å². The Hall–Kier alpha value is -2.92. The number of esters is 1. The molecule has 2 rings (SSSR count). The lowest BCUT2D eigenvalue weighted by molar-refractivity contribution is -0.135. The molecule has 1 amide bonds. The fourth-order valence-electron chi connectivity index (χ4n) is 2.32. The molecule has 2 N–H and O–H groups in total. The standard InChI is InChI=1S/C17H21N3O7S/c1-5-25-17(22)18-13-7-6-8-14(9-13)26-16(21)11(3)20-28(23,24)15-10(2)19-27-12(15)4/h6-9,11,20H,5H2,1-4H3,(H,18,22)/t11-/m0/s1. The van der Waals surface area contributed by atoms with E-state index in [0.29, 0.717) is 5.69 Å². The highest BCUT2D eigenvalue weighted by atomic mass is 32.2. The number of nitrogens with one attached hydrogen (secondary N) is 2. The summed E-state index contributed by atoms with van der Waals surface area (Å²) in [5, 5.41) is 6.07. The number of anilines is 1. The number of benzene rings is 1. The van der Waals surface area contributed by atoms with Crippen LogP contribution >= 0.6 is 0 Å². The van der Waals surface area contributed by atoms with E-state index in [0.717, 1.165) is 0 Å². The Balaban J connectivity index is 2.05. The van der Waals surface area contributed by atoms with Crippen molar-refractivity contribution >= 4 is 27.8 Å². The second kappa shape index (κ2) is 8.85. The van der Waals surface area contributed by atoms with Gasteiger partial charge in [-0.1, -0.05) is 11.2 Å². The van der Waals surface area contributed by atoms with E-state index in [-0.39, 0.29) is 28.7 Å². The van der Waals surface area contributed by atoms with E-state index in [1.807, 2.05) is 0 Å². The van der Waals surface area contributed by atoms with Crippen LogP contribution in [-0.4, -0.2) is 38.3 Å². The van der Waals surface area contributed by atoms with Gasteiger partial charge in [0.1, 0.15) is 22.4 Å². The van der Waals surface area contributed by atoms with Gasteiger partial charge in [0.25, 0.3) is 0 Å². The van der Waals surface area contributed by atoms with E-state index in [2.05, 4.69) is 15.2 Å². The van der Waals surface area contributed by atoms with Gasteiger partial charge in [0, 0.05) is 11.8 Å². The fraction of sp³-hybridized carbons (Fsp3) is 0.353. The summed E-state index contributed by atoms with van der Waals surface area (Å²) >= 11 is 0. The van der Waals surface area contributed by atoms with Crippen LogP contribution in [0.15, 0.2) is 33.7 Å². The molecule has 28 heavy (non-hydrogen) atoms. The predicted molar refractivity (Wildman–Crippen MR) is 98.5 cm³/mol. The molecule has 152 valence electrons. The molecule has 0 unspecified atom stereocenters. The lowest BCUT2D eigenvalue weighted by atomic mass is 10.3. The number of aromatic nitrogens is 1. The van der Waals surface area contributed by atoms with Crippen molar-refractivity contribution in [2.75, 3.05) is 11.9 Å². The highest BCUT2D eigenvalue weighted by Gasteiger charge is 2.29. The van der Waals surface area contributed by atoms with E-state index in [9.17, 15) is 18.0 Å². The molecule has 11 heteroatoms. The van der Waals surface area contributed by atoms with E-state index in [4.69, 9.17) is 14.0 Å². The summed E-state index contributed by atoms with van der Waals surface area (Å²) in [6.45, 7) is 6.17. The molecule has 2 aromatic rings. The molecule has 0 aliphatic carbocycles. The van der Waals surface area contributed by atoms with Gasteiger partial charge < -0.3 is 14.0 Å². The summed E-state index contributed by atoms with van der Waals surface area (Å²) in [7, 11) is -4.03. The van der Waals surface area contributed by atoms with Gasteiger partial charge in [0.2, 0.25) is 10.0 Å². The molecule has 1 aromatic carbocycles. The van der Waals surface area contributed by atoms with E-state index in [1.165, 1.54) is 32.9 Å². The van der Waals surface area contributed by atoms with Crippen LogP contribution in [0.2, 0.25) is 0 Å². The van der Waals surface area contributed by atoms with Crippen molar-refractivity contribution in [2.24, 2.45) is 0 Å². The molecule has 0 bridgehead atoms. The minimum atomic E-state index is -4.03. The third-order valence-corrected chi connectivity index (χ3v) is 5.28. The maximum Gasteiger partial charge on any atom is 0.411 e. The summed E-state index contributed by atoms with van der Waals surface area (Å²) in [4.78, 5) is 23.6. The van der Waals surface area contributed by atoms with Gasteiger partial charge in [-0.2, -0.15) is 4.72 Å².